The molecule has 1 aromatic rings. The summed E-state index contributed by atoms with van der Waals surface area (Å²) in [5.74, 6) is 0.161. The van der Waals surface area contributed by atoms with Crippen molar-refractivity contribution >= 4 is 5.78 Å². The Labute approximate surface area is 85.3 Å². The van der Waals surface area contributed by atoms with Gasteiger partial charge in [0.05, 0.1) is 6.04 Å². The molecule has 1 unspecified atom stereocenters. The van der Waals surface area contributed by atoms with Crippen molar-refractivity contribution < 1.29 is 4.79 Å². The molecule has 76 valence electrons. The van der Waals surface area contributed by atoms with Gasteiger partial charge in [0.25, 0.3) is 0 Å². The molecule has 0 heterocycles. The Morgan fingerprint density at radius 1 is 1.36 bits per heavy atom. The van der Waals surface area contributed by atoms with Crippen LogP contribution in [0.5, 0.6) is 0 Å². The van der Waals surface area contributed by atoms with Crippen LogP contribution in [0.2, 0.25) is 0 Å². The molecule has 0 aliphatic heterocycles. The van der Waals surface area contributed by atoms with Crippen molar-refractivity contribution in [2.24, 2.45) is 0 Å². The second-order valence-electron chi connectivity index (χ2n) is 3.69. The lowest BCUT2D eigenvalue weighted by Gasteiger charge is -2.11. The first kappa shape index (κ1) is 10.9. The summed E-state index contributed by atoms with van der Waals surface area (Å²) in [6.45, 7) is 5.85. The van der Waals surface area contributed by atoms with Crippen molar-refractivity contribution in [3.63, 3.8) is 0 Å². The molecule has 1 N–H and O–H groups in total. The first-order chi connectivity index (χ1) is 6.56. The summed E-state index contributed by atoms with van der Waals surface area (Å²) >= 11 is 0. The van der Waals surface area contributed by atoms with Crippen LogP contribution >= 0.6 is 0 Å². The van der Waals surface area contributed by atoms with Gasteiger partial charge in [-0.05, 0) is 39.4 Å². The van der Waals surface area contributed by atoms with Crippen LogP contribution in [0.15, 0.2) is 18.2 Å². The molecular formula is C12H17NO. The van der Waals surface area contributed by atoms with E-state index in [2.05, 4.69) is 5.32 Å². The van der Waals surface area contributed by atoms with Gasteiger partial charge in [-0.2, -0.15) is 0 Å². The van der Waals surface area contributed by atoms with Gasteiger partial charge in [0, 0.05) is 5.56 Å². The van der Waals surface area contributed by atoms with Crippen molar-refractivity contribution in [3.05, 3.63) is 34.9 Å². The van der Waals surface area contributed by atoms with E-state index in [0.717, 1.165) is 16.7 Å². The lowest BCUT2D eigenvalue weighted by molar-refractivity contribution is 0.0954. The summed E-state index contributed by atoms with van der Waals surface area (Å²) in [4.78, 5) is 11.9. The van der Waals surface area contributed by atoms with Gasteiger partial charge in [-0.15, -0.1) is 0 Å². The maximum atomic E-state index is 11.9. The topological polar surface area (TPSA) is 29.1 Å². The van der Waals surface area contributed by atoms with Crippen LogP contribution in [0.3, 0.4) is 0 Å². The molecule has 1 atom stereocenters. The smallest absolute Gasteiger partial charge is 0.179 e. The zero-order chi connectivity index (χ0) is 10.7. The molecule has 0 amide bonds. The number of hydrogen-bond acceptors (Lipinski definition) is 2. The van der Waals surface area contributed by atoms with E-state index in [0.29, 0.717) is 0 Å². The van der Waals surface area contributed by atoms with Crippen LogP contribution in [0.4, 0.5) is 0 Å². The Kier molecular flexibility index (Phi) is 3.42. The summed E-state index contributed by atoms with van der Waals surface area (Å²) in [7, 11) is 1.80. The maximum Gasteiger partial charge on any atom is 0.179 e. The molecule has 1 rings (SSSR count). The standard InChI is InChI=1S/C12H17NO/c1-8-5-6-9(2)11(7-8)12(14)10(3)13-4/h5-7,10,13H,1-4H3. The van der Waals surface area contributed by atoms with Gasteiger partial charge in [-0.3, -0.25) is 4.79 Å². The van der Waals surface area contributed by atoms with Gasteiger partial charge in [0.15, 0.2) is 5.78 Å². The van der Waals surface area contributed by atoms with Gasteiger partial charge in [0.2, 0.25) is 0 Å². The fraction of sp³-hybridized carbons (Fsp3) is 0.417. The molecule has 0 fully saturated rings. The number of benzene rings is 1. The Bertz CT molecular complexity index is 344. The van der Waals surface area contributed by atoms with Crippen LogP contribution in [0.1, 0.15) is 28.4 Å². The largest absolute Gasteiger partial charge is 0.310 e. The minimum atomic E-state index is -0.115. The Balaban J connectivity index is 3.06. The van der Waals surface area contributed by atoms with E-state index < -0.39 is 0 Å². The van der Waals surface area contributed by atoms with Crippen molar-refractivity contribution in [3.8, 4) is 0 Å². The van der Waals surface area contributed by atoms with Gasteiger partial charge >= 0.3 is 0 Å². The lowest BCUT2D eigenvalue weighted by atomic mass is 9.98. The van der Waals surface area contributed by atoms with E-state index in [-0.39, 0.29) is 11.8 Å². The van der Waals surface area contributed by atoms with E-state index in [1.54, 1.807) is 7.05 Å². The average molecular weight is 191 g/mol. The fourth-order valence-corrected chi connectivity index (χ4v) is 1.37. The molecule has 1 aromatic carbocycles. The molecule has 14 heavy (non-hydrogen) atoms. The minimum Gasteiger partial charge on any atom is -0.310 e. The molecule has 0 spiro atoms. The van der Waals surface area contributed by atoms with E-state index in [4.69, 9.17) is 0 Å². The van der Waals surface area contributed by atoms with Crippen LogP contribution in [-0.4, -0.2) is 18.9 Å². The number of likely N-dealkylation sites (N-methyl/N-ethyl adjacent to an activating group) is 1. The number of aryl methyl sites for hydroxylation is 2. The molecule has 0 aliphatic carbocycles. The third kappa shape index (κ3) is 2.20. The number of hydrogen-bond donors (Lipinski definition) is 1. The molecule has 2 heteroatoms. The van der Waals surface area contributed by atoms with Gasteiger partial charge in [0.1, 0.15) is 0 Å². The lowest BCUT2D eigenvalue weighted by Crippen LogP contribution is -2.31. The van der Waals surface area contributed by atoms with E-state index in [1.165, 1.54) is 0 Å². The number of nitrogens with one attached hydrogen (secondary N) is 1. The zero-order valence-electron chi connectivity index (χ0n) is 9.22. The summed E-state index contributed by atoms with van der Waals surface area (Å²) in [6, 6.07) is 5.85. The number of carbonyl (C=O) groups excluding carboxylic acids is 1. The average Bonchev–Trinajstić information content (AvgIpc) is 2.19. The normalized spacial score (nSPS) is 12.6. The Morgan fingerprint density at radius 3 is 2.57 bits per heavy atom. The molecule has 0 saturated carbocycles. The Hall–Kier alpha value is -1.15. The van der Waals surface area contributed by atoms with Crippen molar-refractivity contribution in [2.75, 3.05) is 7.05 Å². The predicted molar refractivity (Wildman–Crippen MR) is 58.8 cm³/mol. The summed E-state index contributed by atoms with van der Waals surface area (Å²) in [5, 5.41) is 2.96. The van der Waals surface area contributed by atoms with E-state index >= 15 is 0 Å². The summed E-state index contributed by atoms with van der Waals surface area (Å²) < 4.78 is 0. The van der Waals surface area contributed by atoms with Gasteiger partial charge in [-0.1, -0.05) is 17.7 Å². The molecule has 2 nitrogen and oxygen atoms in total. The second-order valence-corrected chi connectivity index (χ2v) is 3.69. The van der Waals surface area contributed by atoms with Crippen LogP contribution < -0.4 is 5.32 Å². The summed E-state index contributed by atoms with van der Waals surface area (Å²) in [5.41, 5.74) is 3.00. The third-order valence-electron chi connectivity index (χ3n) is 2.48. The Morgan fingerprint density at radius 2 is 2.00 bits per heavy atom. The fourth-order valence-electron chi connectivity index (χ4n) is 1.37. The zero-order valence-corrected chi connectivity index (χ0v) is 9.22. The van der Waals surface area contributed by atoms with E-state index in [1.807, 2.05) is 39.0 Å². The monoisotopic (exact) mass is 191 g/mol. The maximum absolute atomic E-state index is 11.9. The second kappa shape index (κ2) is 4.38. The highest BCUT2D eigenvalue weighted by Gasteiger charge is 2.14. The highest BCUT2D eigenvalue weighted by atomic mass is 16.1. The molecular weight excluding hydrogens is 174 g/mol. The highest BCUT2D eigenvalue weighted by molar-refractivity contribution is 6.01. The molecule has 0 aliphatic rings. The number of rotatable bonds is 3. The van der Waals surface area contributed by atoms with Crippen LogP contribution in [0, 0.1) is 13.8 Å². The van der Waals surface area contributed by atoms with Gasteiger partial charge in [-0.25, -0.2) is 0 Å². The number of ketones is 1. The number of carbonyl (C=O) groups is 1. The first-order valence-corrected chi connectivity index (χ1v) is 4.85. The molecule has 0 aromatic heterocycles. The van der Waals surface area contributed by atoms with Crippen molar-refractivity contribution in [2.45, 2.75) is 26.8 Å². The molecule has 0 saturated heterocycles. The van der Waals surface area contributed by atoms with Crippen LogP contribution in [0.25, 0.3) is 0 Å². The summed E-state index contributed by atoms with van der Waals surface area (Å²) in [6.07, 6.45) is 0. The first-order valence-electron chi connectivity index (χ1n) is 4.85. The molecule has 0 bridgehead atoms. The SMILES string of the molecule is CNC(C)C(=O)c1cc(C)ccc1C. The van der Waals surface area contributed by atoms with E-state index in [9.17, 15) is 4.79 Å². The number of Topliss-reactive ketones (excluding diaryl/α,β-unsaturated/α-hetero) is 1. The minimum absolute atomic E-state index is 0.115. The van der Waals surface area contributed by atoms with Gasteiger partial charge < -0.3 is 5.32 Å². The van der Waals surface area contributed by atoms with Crippen molar-refractivity contribution in [1.29, 1.82) is 0 Å². The van der Waals surface area contributed by atoms with Crippen molar-refractivity contribution in [1.82, 2.24) is 5.32 Å². The van der Waals surface area contributed by atoms with Crippen LogP contribution in [-0.2, 0) is 0 Å². The third-order valence-corrected chi connectivity index (χ3v) is 2.48. The molecule has 0 radical (unpaired) electrons. The predicted octanol–water partition coefficient (Wildman–Crippen LogP) is 2.09. The quantitative estimate of drug-likeness (QED) is 0.741. The highest BCUT2D eigenvalue weighted by Crippen LogP contribution is 2.12.